The summed E-state index contributed by atoms with van der Waals surface area (Å²) in [5.74, 6) is 1.06. The lowest BCUT2D eigenvalue weighted by Gasteiger charge is -2.49. The molecule has 2 rings (SSSR count). The van der Waals surface area contributed by atoms with Crippen LogP contribution in [0.2, 0.25) is 0 Å². The van der Waals surface area contributed by atoms with Crippen molar-refractivity contribution in [2.24, 2.45) is 5.92 Å². The molecule has 0 spiro atoms. The van der Waals surface area contributed by atoms with Crippen LogP contribution in [0.25, 0.3) is 0 Å². The van der Waals surface area contributed by atoms with Crippen molar-refractivity contribution in [1.29, 1.82) is 0 Å². The van der Waals surface area contributed by atoms with Crippen LogP contribution in [0.5, 0.6) is 5.75 Å². The smallest absolute Gasteiger partial charge is 0.226 e. The molecule has 1 aromatic rings. The molecule has 1 amide bonds. The minimum Gasteiger partial charge on any atom is -0.493 e. The molecule has 116 valence electrons. The summed E-state index contributed by atoms with van der Waals surface area (Å²) in [5, 5.41) is 10.2. The van der Waals surface area contributed by atoms with Crippen LogP contribution in [0.4, 0.5) is 0 Å². The molecule has 1 aliphatic rings. The number of benzene rings is 1. The van der Waals surface area contributed by atoms with Gasteiger partial charge in [-0.25, -0.2) is 0 Å². The van der Waals surface area contributed by atoms with Gasteiger partial charge in [-0.15, -0.1) is 0 Å². The molecule has 1 heterocycles. The van der Waals surface area contributed by atoms with Crippen molar-refractivity contribution in [2.75, 3.05) is 19.7 Å². The van der Waals surface area contributed by atoms with E-state index in [0.717, 1.165) is 16.9 Å². The van der Waals surface area contributed by atoms with E-state index in [0.29, 0.717) is 26.1 Å². The molecule has 0 unspecified atom stereocenters. The van der Waals surface area contributed by atoms with Crippen molar-refractivity contribution in [3.8, 4) is 5.75 Å². The van der Waals surface area contributed by atoms with E-state index in [1.165, 1.54) is 0 Å². The number of ether oxygens (including phenoxy) is 1. The highest BCUT2D eigenvalue weighted by Crippen LogP contribution is 2.29. The maximum Gasteiger partial charge on any atom is 0.226 e. The summed E-state index contributed by atoms with van der Waals surface area (Å²) in [5.41, 5.74) is 1.52. The van der Waals surface area contributed by atoms with Crippen LogP contribution in [0, 0.1) is 19.8 Å². The Morgan fingerprint density at radius 2 is 2.05 bits per heavy atom. The van der Waals surface area contributed by atoms with Crippen LogP contribution in [-0.4, -0.2) is 41.2 Å². The molecule has 1 N–H and O–H groups in total. The number of rotatable bonds is 5. The maximum absolute atomic E-state index is 12.0. The highest BCUT2D eigenvalue weighted by atomic mass is 16.5. The van der Waals surface area contributed by atoms with Crippen molar-refractivity contribution >= 4 is 5.91 Å². The molecule has 0 aromatic heterocycles. The first-order valence-electron chi connectivity index (χ1n) is 7.52. The quantitative estimate of drug-likeness (QED) is 0.905. The van der Waals surface area contributed by atoms with Gasteiger partial charge in [-0.05, 0) is 37.0 Å². The lowest BCUT2D eigenvalue weighted by Crippen LogP contribution is -2.66. The average Bonchev–Trinajstić information content (AvgIpc) is 2.38. The normalized spacial score (nSPS) is 16.8. The molecule has 0 bridgehead atoms. The number of carbonyl (C=O) groups is 1. The van der Waals surface area contributed by atoms with Crippen molar-refractivity contribution in [3.63, 3.8) is 0 Å². The first-order chi connectivity index (χ1) is 9.82. The lowest BCUT2D eigenvalue weighted by atomic mass is 9.83. The summed E-state index contributed by atoms with van der Waals surface area (Å²) in [6.45, 7) is 9.22. The third-order valence-corrected chi connectivity index (χ3v) is 4.27. The van der Waals surface area contributed by atoms with E-state index in [1.54, 1.807) is 4.90 Å². The van der Waals surface area contributed by atoms with Gasteiger partial charge in [0.15, 0.2) is 0 Å². The fourth-order valence-corrected chi connectivity index (χ4v) is 2.43. The maximum atomic E-state index is 12.0. The zero-order valence-corrected chi connectivity index (χ0v) is 13.3. The number of likely N-dealkylation sites (tertiary alicyclic amines) is 1. The van der Waals surface area contributed by atoms with Crippen molar-refractivity contribution in [2.45, 2.75) is 39.7 Å². The van der Waals surface area contributed by atoms with E-state index in [2.05, 4.69) is 0 Å². The van der Waals surface area contributed by atoms with Crippen molar-refractivity contribution < 1.29 is 14.6 Å². The molecule has 1 aromatic carbocycles. The van der Waals surface area contributed by atoms with Crippen LogP contribution < -0.4 is 4.74 Å². The van der Waals surface area contributed by atoms with Gasteiger partial charge in [0, 0.05) is 0 Å². The molecule has 1 fully saturated rings. The summed E-state index contributed by atoms with van der Waals surface area (Å²) in [4.78, 5) is 13.7. The molecule has 1 saturated heterocycles. The molecule has 21 heavy (non-hydrogen) atoms. The van der Waals surface area contributed by atoms with Gasteiger partial charge in [-0.1, -0.05) is 26.0 Å². The van der Waals surface area contributed by atoms with Gasteiger partial charge >= 0.3 is 0 Å². The third-order valence-electron chi connectivity index (χ3n) is 4.27. The van der Waals surface area contributed by atoms with Crippen LogP contribution in [-0.2, 0) is 4.79 Å². The van der Waals surface area contributed by atoms with Crippen molar-refractivity contribution in [1.82, 2.24) is 4.90 Å². The standard InChI is InChI=1S/C17H25NO3/c1-12(2)17(20)10-18(11-17)16(19)7-8-21-15-9-13(3)5-6-14(15)4/h5-6,9,12,20H,7-8,10-11H2,1-4H3. The second-order valence-electron chi connectivity index (χ2n) is 6.38. The molecule has 0 saturated carbocycles. The number of aliphatic hydroxyl groups is 1. The van der Waals surface area contributed by atoms with Crippen LogP contribution in [0.1, 0.15) is 31.4 Å². The minimum absolute atomic E-state index is 0.0469. The minimum atomic E-state index is -0.705. The number of aryl methyl sites for hydroxylation is 2. The second kappa shape index (κ2) is 6.06. The highest BCUT2D eigenvalue weighted by molar-refractivity contribution is 5.77. The van der Waals surface area contributed by atoms with Gasteiger partial charge in [0.2, 0.25) is 5.91 Å². The number of β-amino-alcohol motifs (C(OH)–C–C–N with tert-alkyl or cyclic N) is 1. The first kappa shape index (κ1) is 15.8. The Hall–Kier alpha value is -1.55. The first-order valence-corrected chi connectivity index (χ1v) is 7.52. The third kappa shape index (κ3) is 3.56. The number of hydrogen-bond acceptors (Lipinski definition) is 3. The molecule has 4 heteroatoms. The predicted octanol–water partition coefficient (Wildman–Crippen LogP) is 2.30. The Labute approximate surface area is 126 Å². The van der Waals surface area contributed by atoms with E-state index in [4.69, 9.17) is 4.74 Å². The zero-order valence-electron chi connectivity index (χ0n) is 13.3. The van der Waals surface area contributed by atoms with Gasteiger partial charge in [0.1, 0.15) is 11.4 Å². The Balaban J connectivity index is 1.77. The molecular formula is C17H25NO3. The molecule has 1 aliphatic heterocycles. The average molecular weight is 291 g/mol. The molecule has 0 atom stereocenters. The number of amides is 1. The number of hydrogen-bond donors (Lipinski definition) is 1. The van der Waals surface area contributed by atoms with E-state index in [9.17, 15) is 9.90 Å². The fraction of sp³-hybridized carbons (Fsp3) is 0.588. The van der Waals surface area contributed by atoms with Gasteiger partial charge in [-0.3, -0.25) is 4.79 Å². The van der Waals surface area contributed by atoms with Crippen LogP contribution in [0.15, 0.2) is 18.2 Å². The number of carbonyl (C=O) groups excluding carboxylic acids is 1. The fourth-order valence-electron chi connectivity index (χ4n) is 2.43. The van der Waals surface area contributed by atoms with Gasteiger partial charge < -0.3 is 14.7 Å². The summed E-state index contributed by atoms with van der Waals surface area (Å²) in [6, 6.07) is 6.05. The Morgan fingerprint density at radius 3 is 2.67 bits per heavy atom. The molecular weight excluding hydrogens is 266 g/mol. The summed E-state index contributed by atoms with van der Waals surface area (Å²) in [7, 11) is 0. The molecule has 0 aliphatic carbocycles. The topological polar surface area (TPSA) is 49.8 Å². The van der Waals surface area contributed by atoms with E-state index >= 15 is 0 Å². The van der Waals surface area contributed by atoms with Crippen LogP contribution >= 0.6 is 0 Å². The van der Waals surface area contributed by atoms with Gasteiger partial charge in [0.25, 0.3) is 0 Å². The summed E-state index contributed by atoms with van der Waals surface area (Å²) in [6.07, 6.45) is 0.349. The second-order valence-corrected chi connectivity index (χ2v) is 6.38. The van der Waals surface area contributed by atoms with Crippen LogP contribution in [0.3, 0.4) is 0 Å². The SMILES string of the molecule is Cc1ccc(C)c(OCCC(=O)N2CC(O)(C(C)C)C2)c1. The molecule has 4 nitrogen and oxygen atoms in total. The monoisotopic (exact) mass is 291 g/mol. The van der Waals surface area contributed by atoms with E-state index in [1.807, 2.05) is 45.9 Å². The lowest BCUT2D eigenvalue weighted by molar-refractivity contribution is -0.164. The Kier molecular flexibility index (Phi) is 4.57. The Bertz CT molecular complexity index is 519. The zero-order chi connectivity index (χ0) is 15.6. The number of nitrogens with zero attached hydrogens (tertiary/aromatic N) is 1. The summed E-state index contributed by atoms with van der Waals surface area (Å²) < 4.78 is 5.70. The van der Waals surface area contributed by atoms with E-state index in [-0.39, 0.29) is 11.8 Å². The van der Waals surface area contributed by atoms with E-state index < -0.39 is 5.60 Å². The summed E-state index contributed by atoms with van der Waals surface area (Å²) >= 11 is 0. The van der Waals surface area contributed by atoms with Gasteiger partial charge in [-0.2, -0.15) is 0 Å². The van der Waals surface area contributed by atoms with Crippen molar-refractivity contribution in [3.05, 3.63) is 29.3 Å². The predicted molar refractivity (Wildman–Crippen MR) is 82.4 cm³/mol. The highest BCUT2D eigenvalue weighted by Gasteiger charge is 2.45. The van der Waals surface area contributed by atoms with Gasteiger partial charge in [0.05, 0.1) is 26.1 Å². The Morgan fingerprint density at radius 1 is 1.38 bits per heavy atom. The largest absolute Gasteiger partial charge is 0.493 e. The molecule has 0 radical (unpaired) electrons.